The van der Waals surface area contributed by atoms with Crippen LogP contribution in [-0.4, -0.2) is 26.4 Å². The molecule has 3 nitrogen and oxygen atoms in total. The third kappa shape index (κ3) is 2.66. The predicted octanol–water partition coefficient (Wildman–Crippen LogP) is 2.97. The van der Waals surface area contributed by atoms with E-state index in [2.05, 4.69) is 20.7 Å². The number of halogens is 1. The summed E-state index contributed by atoms with van der Waals surface area (Å²) >= 11 is 4.88. The number of benzene rings is 1. The highest BCUT2D eigenvalue weighted by atomic mass is 79.9. The van der Waals surface area contributed by atoms with Crippen LogP contribution in [0.5, 0.6) is 5.75 Å². The van der Waals surface area contributed by atoms with E-state index in [4.69, 9.17) is 4.74 Å². The van der Waals surface area contributed by atoms with E-state index in [1.807, 2.05) is 12.3 Å². The van der Waals surface area contributed by atoms with Crippen molar-refractivity contribution in [2.24, 2.45) is 0 Å². The zero-order valence-electron chi connectivity index (χ0n) is 8.67. The van der Waals surface area contributed by atoms with Gasteiger partial charge >= 0.3 is 5.97 Å². The van der Waals surface area contributed by atoms with Crippen molar-refractivity contribution in [1.29, 1.82) is 0 Å². The van der Waals surface area contributed by atoms with Crippen molar-refractivity contribution in [2.45, 2.75) is 4.90 Å². The number of esters is 1. The number of thioether (sulfide) groups is 1. The zero-order chi connectivity index (χ0) is 11.4. The van der Waals surface area contributed by atoms with Crippen molar-refractivity contribution in [3.63, 3.8) is 0 Å². The summed E-state index contributed by atoms with van der Waals surface area (Å²) in [6, 6.07) is 3.51. The molecular weight excluding hydrogens is 280 g/mol. The molecule has 0 saturated heterocycles. The molecule has 0 atom stereocenters. The Hall–Kier alpha value is -0.680. The van der Waals surface area contributed by atoms with Crippen molar-refractivity contribution >= 4 is 33.7 Å². The van der Waals surface area contributed by atoms with Gasteiger partial charge in [0.15, 0.2) is 0 Å². The lowest BCUT2D eigenvalue weighted by Crippen LogP contribution is -2.03. The first-order valence-corrected chi connectivity index (χ1v) is 6.15. The van der Waals surface area contributed by atoms with Gasteiger partial charge in [0, 0.05) is 4.47 Å². The lowest BCUT2D eigenvalue weighted by Gasteiger charge is -2.09. The highest BCUT2D eigenvalue weighted by Crippen LogP contribution is 2.33. The number of carbonyl (C=O) groups is 1. The van der Waals surface area contributed by atoms with E-state index in [1.54, 1.807) is 24.9 Å². The van der Waals surface area contributed by atoms with Gasteiger partial charge < -0.3 is 9.47 Å². The third-order valence-corrected chi connectivity index (χ3v) is 3.29. The first-order valence-electron chi connectivity index (χ1n) is 4.13. The number of hydrogen-bond acceptors (Lipinski definition) is 4. The van der Waals surface area contributed by atoms with Crippen LogP contribution >= 0.6 is 27.7 Å². The molecular formula is C10H11BrO3S. The molecule has 82 valence electrons. The molecule has 1 aromatic rings. The Bertz CT molecular complexity index is 379. The van der Waals surface area contributed by atoms with E-state index in [1.165, 1.54) is 7.11 Å². The van der Waals surface area contributed by atoms with E-state index in [0.717, 1.165) is 4.90 Å². The molecule has 0 fully saturated rings. The summed E-state index contributed by atoms with van der Waals surface area (Å²) in [5, 5.41) is 0. The standard InChI is InChI=1S/C10H11BrO3S/c1-13-8-4-6(10(12)14-2)7(11)5-9(8)15-3/h4-5H,1-3H3. The van der Waals surface area contributed by atoms with Gasteiger partial charge in [0.2, 0.25) is 0 Å². The van der Waals surface area contributed by atoms with Crippen LogP contribution in [-0.2, 0) is 4.74 Å². The van der Waals surface area contributed by atoms with Crippen molar-refractivity contribution in [3.05, 3.63) is 22.2 Å². The molecule has 0 N–H and O–H groups in total. The second-order valence-electron chi connectivity index (χ2n) is 2.68. The molecule has 0 aromatic heterocycles. The van der Waals surface area contributed by atoms with Crippen LogP contribution < -0.4 is 4.74 Å². The average molecular weight is 291 g/mol. The maximum Gasteiger partial charge on any atom is 0.339 e. The summed E-state index contributed by atoms with van der Waals surface area (Å²) in [4.78, 5) is 12.4. The van der Waals surface area contributed by atoms with E-state index >= 15 is 0 Å². The highest BCUT2D eigenvalue weighted by molar-refractivity contribution is 9.10. The Morgan fingerprint density at radius 3 is 2.53 bits per heavy atom. The first kappa shape index (κ1) is 12.4. The molecule has 0 heterocycles. The topological polar surface area (TPSA) is 35.5 Å². The zero-order valence-corrected chi connectivity index (χ0v) is 11.1. The van der Waals surface area contributed by atoms with Gasteiger partial charge in [-0.05, 0) is 34.3 Å². The number of rotatable bonds is 3. The molecule has 0 aliphatic rings. The molecule has 0 aliphatic heterocycles. The van der Waals surface area contributed by atoms with E-state index in [9.17, 15) is 4.79 Å². The molecule has 15 heavy (non-hydrogen) atoms. The number of methoxy groups -OCH3 is 2. The van der Waals surface area contributed by atoms with Gasteiger partial charge in [0.05, 0.1) is 24.7 Å². The third-order valence-electron chi connectivity index (χ3n) is 1.88. The van der Waals surface area contributed by atoms with Crippen LogP contribution in [0.4, 0.5) is 0 Å². The summed E-state index contributed by atoms with van der Waals surface area (Å²) in [6.07, 6.45) is 1.95. The fourth-order valence-electron chi connectivity index (χ4n) is 1.12. The molecule has 5 heteroatoms. The highest BCUT2D eigenvalue weighted by Gasteiger charge is 2.14. The molecule has 0 radical (unpaired) electrons. The first-order chi connectivity index (χ1) is 7.13. The van der Waals surface area contributed by atoms with Crippen molar-refractivity contribution in [2.75, 3.05) is 20.5 Å². The lowest BCUT2D eigenvalue weighted by atomic mass is 10.2. The van der Waals surface area contributed by atoms with Gasteiger partial charge in [-0.3, -0.25) is 0 Å². The normalized spacial score (nSPS) is 9.87. The maximum absolute atomic E-state index is 11.4. The van der Waals surface area contributed by atoms with Gasteiger partial charge in [-0.25, -0.2) is 4.79 Å². The Morgan fingerprint density at radius 2 is 2.07 bits per heavy atom. The molecule has 1 aromatic carbocycles. The quantitative estimate of drug-likeness (QED) is 0.633. The van der Waals surface area contributed by atoms with Gasteiger partial charge in [-0.1, -0.05) is 0 Å². The maximum atomic E-state index is 11.4. The van der Waals surface area contributed by atoms with Gasteiger partial charge in [-0.2, -0.15) is 0 Å². The number of ether oxygens (including phenoxy) is 2. The molecule has 0 saturated carbocycles. The predicted molar refractivity (Wildman–Crippen MR) is 63.8 cm³/mol. The van der Waals surface area contributed by atoms with Crippen LogP contribution in [0.3, 0.4) is 0 Å². The second-order valence-corrected chi connectivity index (χ2v) is 4.38. The van der Waals surface area contributed by atoms with Gasteiger partial charge in [0.1, 0.15) is 5.75 Å². The molecule has 0 aliphatic carbocycles. The second kappa shape index (κ2) is 5.42. The van der Waals surface area contributed by atoms with Crippen molar-refractivity contribution in [1.82, 2.24) is 0 Å². The minimum atomic E-state index is -0.382. The lowest BCUT2D eigenvalue weighted by molar-refractivity contribution is 0.0599. The van der Waals surface area contributed by atoms with E-state index < -0.39 is 0 Å². The van der Waals surface area contributed by atoms with Crippen LogP contribution in [0.1, 0.15) is 10.4 Å². The summed E-state index contributed by atoms with van der Waals surface area (Å²) in [7, 11) is 2.92. The summed E-state index contributed by atoms with van der Waals surface area (Å²) in [6.45, 7) is 0. The smallest absolute Gasteiger partial charge is 0.339 e. The van der Waals surface area contributed by atoms with Gasteiger partial charge in [0.25, 0.3) is 0 Å². The molecule has 0 unspecified atom stereocenters. The Balaban J connectivity index is 3.25. The molecule has 0 bridgehead atoms. The Labute approximate surface area is 101 Å². The van der Waals surface area contributed by atoms with E-state index in [0.29, 0.717) is 15.8 Å². The molecule has 0 amide bonds. The Kier molecular flexibility index (Phi) is 4.47. The SMILES string of the molecule is COC(=O)c1cc(OC)c(SC)cc1Br. The molecule has 1 rings (SSSR count). The summed E-state index contributed by atoms with van der Waals surface area (Å²) < 4.78 is 10.5. The number of hydrogen-bond donors (Lipinski definition) is 0. The number of carbonyl (C=O) groups excluding carboxylic acids is 1. The van der Waals surface area contributed by atoms with Crippen LogP contribution in [0, 0.1) is 0 Å². The summed E-state index contributed by atoms with van der Waals surface area (Å²) in [5.74, 6) is 0.291. The average Bonchev–Trinajstić information content (AvgIpc) is 2.27. The fraction of sp³-hybridized carbons (Fsp3) is 0.300. The summed E-state index contributed by atoms with van der Waals surface area (Å²) in [5.41, 5.74) is 0.465. The van der Waals surface area contributed by atoms with Crippen LogP contribution in [0.15, 0.2) is 21.5 Å². The van der Waals surface area contributed by atoms with Crippen LogP contribution in [0.2, 0.25) is 0 Å². The minimum absolute atomic E-state index is 0.382. The molecule has 0 spiro atoms. The fourth-order valence-corrected chi connectivity index (χ4v) is 2.36. The van der Waals surface area contributed by atoms with Crippen molar-refractivity contribution < 1.29 is 14.3 Å². The van der Waals surface area contributed by atoms with Crippen LogP contribution in [0.25, 0.3) is 0 Å². The monoisotopic (exact) mass is 290 g/mol. The largest absolute Gasteiger partial charge is 0.496 e. The minimum Gasteiger partial charge on any atom is -0.496 e. The Morgan fingerprint density at radius 1 is 1.40 bits per heavy atom. The van der Waals surface area contributed by atoms with Crippen molar-refractivity contribution in [3.8, 4) is 5.75 Å². The van der Waals surface area contributed by atoms with E-state index in [-0.39, 0.29) is 5.97 Å². The van der Waals surface area contributed by atoms with Gasteiger partial charge in [-0.15, -0.1) is 11.8 Å².